The van der Waals surface area contributed by atoms with Gasteiger partial charge in [0.1, 0.15) is 23.0 Å². The fourth-order valence-electron chi connectivity index (χ4n) is 6.93. The zero-order valence-electron chi connectivity index (χ0n) is 27.4. The predicted molar refractivity (Wildman–Crippen MR) is 206 cm³/mol. The summed E-state index contributed by atoms with van der Waals surface area (Å²) in [6.45, 7) is 0. The van der Waals surface area contributed by atoms with Crippen molar-refractivity contribution >= 4 is 45.1 Å². The van der Waals surface area contributed by atoms with Gasteiger partial charge in [-0.25, -0.2) is 20.0 Å². The van der Waals surface area contributed by atoms with Crippen LogP contribution in [0.1, 0.15) is 22.3 Å². The summed E-state index contributed by atoms with van der Waals surface area (Å²) in [6.07, 6.45) is 14.9. The summed E-state index contributed by atoms with van der Waals surface area (Å²) in [5.41, 5.74) is 8.92. The van der Waals surface area contributed by atoms with Crippen LogP contribution in [0.3, 0.4) is 0 Å². The summed E-state index contributed by atoms with van der Waals surface area (Å²) in [4.78, 5) is 20.5. The molecule has 0 aliphatic carbocycles. The normalized spacial score (nSPS) is 17.4. The molecule has 0 saturated carbocycles. The first-order valence-electron chi connectivity index (χ1n) is 16.6. The fourth-order valence-corrected chi connectivity index (χ4v) is 6.93. The SMILES string of the molecule is Oc1ccccc1C1=C2C=CC(=N2)C(c2ccccc2O)=C2C=CC(=N2)C(c2ccccc2O)=C2C=CC(=N2)C(c2ccccc2O)=C2C=CC1=N2. The third-order valence-corrected chi connectivity index (χ3v) is 9.30. The predicted octanol–water partition coefficient (Wildman–Crippen LogP) is 8.51. The highest BCUT2D eigenvalue weighted by Crippen LogP contribution is 2.42. The molecule has 52 heavy (non-hydrogen) atoms. The molecule has 4 N–H and O–H groups in total. The lowest BCUT2D eigenvalue weighted by atomic mass is 9.97. The van der Waals surface area contributed by atoms with Crippen molar-refractivity contribution in [3.8, 4) is 23.0 Å². The van der Waals surface area contributed by atoms with Crippen molar-refractivity contribution < 1.29 is 20.4 Å². The number of hydrogen-bond acceptors (Lipinski definition) is 8. The van der Waals surface area contributed by atoms with E-state index in [9.17, 15) is 20.4 Å². The number of allylic oxidation sites excluding steroid dienone is 12. The number of benzene rings is 4. The molecule has 9 rings (SSSR count). The van der Waals surface area contributed by atoms with Crippen LogP contribution >= 0.6 is 0 Å². The number of aliphatic imine (C=N–C) groups is 4. The van der Waals surface area contributed by atoms with Crippen LogP contribution in [0.2, 0.25) is 0 Å². The summed E-state index contributed by atoms with van der Waals surface area (Å²) in [6, 6.07) is 28.2. The maximum Gasteiger partial charge on any atom is 0.123 e. The second-order valence-corrected chi connectivity index (χ2v) is 12.4. The number of hydrogen-bond donors (Lipinski definition) is 4. The minimum Gasteiger partial charge on any atom is -0.507 e. The topological polar surface area (TPSA) is 130 Å². The Bertz CT molecular complexity index is 2290. The number of aromatic hydroxyl groups is 4. The van der Waals surface area contributed by atoms with Gasteiger partial charge in [-0.15, -0.1) is 0 Å². The summed E-state index contributed by atoms with van der Waals surface area (Å²) in [7, 11) is 0. The Morgan fingerprint density at radius 2 is 0.481 bits per heavy atom. The number of phenolic OH excluding ortho intramolecular Hbond substituents is 4. The second kappa shape index (κ2) is 12.2. The van der Waals surface area contributed by atoms with Crippen LogP contribution in [-0.4, -0.2) is 43.3 Å². The van der Waals surface area contributed by atoms with Crippen molar-refractivity contribution in [2.75, 3.05) is 0 Å². The van der Waals surface area contributed by atoms with Gasteiger partial charge in [0.25, 0.3) is 0 Å². The van der Waals surface area contributed by atoms with Gasteiger partial charge in [0.05, 0.1) is 45.6 Å². The zero-order valence-corrected chi connectivity index (χ0v) is 27.4. The first kappa shape index (κ1) is 30.7. The first-order valence-corrected chi connectivity index (χ1v) is 16.6. The Balaban J connectivity index is 1.40. The zero-order chi connectivity index (χ0) is 35.3. The maximum atomic E-state index is 11.1. The van der Waals surface area contributed by atoms with Gasteiger partial charge in [-0.1, -0.05) is 72.8 Å². The quantitative estimate of drug-likeness (QED) is 0.173. The van der Waals surface area contributed by atoms with Crippen molar-refractivity contribution in [3.63, 3.8) is 0 Å². The van der Waals surface area contributed by atoms with E-state index in [1.165, 1.54) is 0 Å². The molecular weight excluding hydrogens is 649 g/mol. The average molecular weight is 677 g/mol. The Morgan fingerprint density at radius 3 is 0.692 bits per heavy atom. The lowest BCUT2D eigenvalue weighted by Gasteiger charge is -2.14. The third-order valence-electron chi connectivity index (χ3n) is 9.30. The smallest absolute Gasteiger partial charge is 0.123 e. The lowest BCUT2D eigenvalue weighted by molar-refractivity contribution is 0.473. The van der Waals surface area contributed by atoms with E-state index in [0.29, 0.717) is 90.2 Å². The van der Waals surface area contributed by atoms with Crippen LogP contribution in [-0.2, 0) is 0 Å². The van der Waals surface area contributed by atoms with Gasteiger partial charge < -0.3 is 20.4 Å². The van der Waals surface area contributed by atoms with E-state index in [4.69, 9.17) is 20.0 Å². The number of fused-ring (bicyclic) bond motifs is 4. The molecule has 0 atom stereocenters. The molecule has 0 amide bonds. The van der Waals surface area contributed by atoms with Crippen LogP contribution in [0.5, 0.6) is 23.0 Å². The van der Waals surface area contributed by atoms with Crippen LogP contribution in [0, 0.1) is 0 Å². The molecule has 0 spiro atoms. The minimum atomic E-state index is 0.0627. The Hall–Kier alpha value is -7.32. The lowest BCUT2D eigenvalue weighted by Crippen LogP contribution is -2.04. The van der Waals surface area contributed by atoms with Crippen LogP contribution in [0.15, 0.2) is 188 Å². The van der Waals surface area contributed by atoms with E-state index < -0.39 is 0 Å². The fraction of sp³-hybridized carbons (Fsp3) is 0. The second-order valence-electron chi connectivity index (χ2n) is 12.4. The van der Waals surface area contributed by atoms with Crippen molar-refractivity contribution in [2.45, 2.75) is 0 Å². The highest BCUT2D eigenvalue weighted by Gasteiger charge is 2.29. The first-order chi connectivity index (χ1) is 25.4. The third kappa shape index (κ3) is 5.09. The van der Waals surface area contributed by atoms with Gasteiger partial charge in [-0.05, 0) is 72.9 Å². The van der Waals surface area contributed by atoms with Crippen LogP contribution < -0.4 is 0 Å². The molecule has 0 aromatic heterocycles. The molecule has 5 aliphatic rings. The van der Waals surface area contributed by atoms with Crippen LogP contribution in [0.4, 0.5) is 0 Å². The van der Waals surface area contributed by atoms with Crippen molar-refractivity contribution in [1.82, 2.24) is 0 Å². The molecule has 5 aliphatic heterocycles. The van der Waals surface area contributed by atoms with Gasteiger partial charge in [0.2, 0.25) is 0 Å². The van der Waals surface area contributed by atoms with Gasteiger partial charge in [-0.3, -0.25) is 0 Å². The van der Waals surface area contributed by atoms with Crippen molar-refractivity contribution in [2.24, 2.45) is 20.0 Å². The van der Waals surface area contributed by atoms with E-state index in [2.05, 4.69) is 0 Å². The number of nitrogens with zero attached hydrogens (tertiary/aromatic N) is 4. The summed E-state index contributed by atoms with van der Waals surface area (Å²) >= 11 is 0. The Morgan fingerprint density at radius 1 is 0.269 bits per heavy atom. The van der Waals surface area contributed by atoms with Crippen molar-refractivity contribution in [1.29, 1.82) is 0 Å². The van der Waals surface area contributed by atoms with E-state index >= 15 is 0 Å². The molecule has 0 unspecified atom stereocenters. The van der Waals surface area contributed by atoms with E-state index in [1.807, 2.05) is 97.1 Å². The molecule has 0 radical (unpaired) electrons. The molecule has 4 aromatic carbocycles. The number of para-hydroxylation sites is 4. The molecule has 8 nitrogen and oxygen atoms in total. The molecule has 4 aromatic rings. The molecule has 8 heteroatoms. The van der Waals surface area contributed by atoms with Crippen LogP contribution in [0.25, 0.3) is 22.3 Å². The van der Waals surface area contributed by atoms with E-state index in [0.717, 1.165) is 0 Å². The monoisotopic (exact) mass is 676 g/mol. The van der Waals surface area contributed by atoms with Gasteiger partial charge in [0.15, 0.2) is 0 Å². The number of phenols is 4. The highest BCUT2D eigenvalue weighted by molar-refractivity contribution is 6.40. The molecule has 0 fully saturated rings. The summed E-state index contributed by atoms with van der Waals surface area (Å²) < 4.78 is 0. The highest BCUT2D eigenvalue weighted by atomic mass is 16.3. The largest absolute Gasteiger partial charge is 0.507 e. The van der Waals surface area contributed by atoms with E-state index in [1.54, 1.807) is 48.5 Å². The average Bonchev–Trinajstić information content (AvgIpc) is 3.99. The maximum absolute atomic E-state index is 11.1. The molecule has 0 saturated heterocycles. The van der Waals surface area contributed by atoms with E-state index in [-0.39, 0.29) is 23.0 Å². The summed E-state index contributed by atoms with van der Waals surface area (Å²) in [5, 5.41) is 44.6. The Labute approximate surface area is 298 Å². The molecule has 5 heterocycles. The molecule has 248 valence electrons. The van der Waals surface area contributed by atoms with Gasteiger partial charge >= 0.3 is 0 Å². The standard InChI is InChI=1S/C44H28N4O4/c49-37-13-5-1-9-25(37)41-29-17-19-31(45-29)42(26-10-2-6-14-38(26)50)33-21-23-35(47-33)44(28-12-4-8-16-40(28)52)36-24-22-34(48-36)43(32-20-18-30(41)46-32)27-11-3-7-15-39(27)51/h1-24,49-52H. The molecule has 8 bridgehead atoms. The van der Waals surface area contributed by atoms with Crippen molar-refractivity contribution in [3.05, 3.63) is 191 Å². The Kier molecular flexibility index (Phi) is 7.22. The minimum absolute atomic E-state index is 0.0627. The number of rotatable bonds is 4. The van der Waals surface area contributed by atoms with Gasteiger partial charge in [0, 0.05) is 44.5 Å². The summed E-state index contributed by atoms with van der Waals surface area (Å²) in [5.74, 6) is 0.251. The molecular formula is C44H28N4O4. The van der Waals surface area contributed by atoms with Gasteiger partial charge in [-0.2, -0.15) is 0 Å².